The lowest BCUT2D eigenvalue weighted by Gasteiger charge is -2.29. The summed E-state index contributed by atoms with van der Waals surface area (Å²) in [7, 11) is 0. The number of nitrogens with one attached hydrogen (secondary N) is 2. The van der Waals surface area contributed by atoms with Gasteiger partial charge in [0.2, 0.25) is 5.91 Å². The Bertz CT molecular complexity index is 1060. The summed E-state index contributed by atoms with van der Waals surface area (Å²) in [4.78, 5) is 36.2. The molecule has 0 saturated carbocycles. The van der Waals surface area contributed by atoms with Crippen molar-refractivity contribution in [3.8, 4) is 0 Å². The standard InChI is InChI=1S/C21H25N5O3S/c1-2-25(13-18-23-17-7-12-30-20(17)21(28)24-18)14-19(27)22-15-3-5-16(6-4-15)26-8-10-29-11-9-26/h3-7,12H,2,8-11,13-14H2,1H3,(H,22,27)(H,23,24,28). The number of hydrogen-bond acceptors (Lipinski definition) is 7. The van der Waals surface area contributed by atoms with Gasteiger partial charge in [0.1, 0.15) is 10.5 Å². The predicted octanol–water partition coefficient (Wildman–Crippen LogP) is 2.28. The monoisotopic (exact) mass is 427 g/mol. The molecule has 1 fully saturated rings. The molecule has 1 aliphatic rings. The highest BCUT2D eigenvalue weighted by molar-refractivity contribution is 7.17. The Balaban J connectivity index is 1.35. The lowest BCUT2D eigenvalue weighted by atomic mass is 10.2. The van der Waals surface area contributed by atoms with Gasteiger partial charge in [-0.15, -0.1) is 11.3 Å². The summed E-state index contributed by atoms with van der Waals surface area (Å²) in [5.41, 5.74) is 2.45. The van der Waals surface area contributed by atoms with Crippen molar-refractivity contribution in [3.63, 3.8) is 0 Å². The number of anilines is 2. The molecular weight excluding hydrogens is 402 g/mol. The maximum atomic E-state index is 12.5. The van der Waals surface area contributed by atoms with Crippen LogP contribution in [0, 0.1) is 0 Å². The molecule has 0 spiro atoms. The van der Waals surface area contributed by atoms with Crippen molar-refractivity contribution in [1.82, 2.24) is 14.9 Å². The number of hydrogen-bond donors (Lipinski definition) is 2. The number of benzene rings is 1. The fourth-order valence-electron chi connectivity index (χ4n) is 3.47. The minimum atomic E-state index is -0.133. The molecule has 1 aliphatic heterocycles. The highest BCUT2D eigenvalue weighted by Gasteiger charge is 2.14. The number of aromatic amines is 1. The minimum absolute atomic E-state index is 0.102. The Kier molecular flexibility index (Phi) is 6.41. The quantitative estimate of drug-likeness (QED) is 0.601. The van der Waals surface area contributed by atoms with E-state index in [9.17, 15) is 9.59 Å². The zero-order valence-corrected chi connectivity index (χ0v) is 17.7. The number of amides is 1. The number of thiophene rings is 1. The molecule has 1 aromatic carbocycles. The first-order valence-electron chi connectivity index (χ1n) is 10.0. The second-order valence-corrected chi connectivity index (χ2v) is 8.06. The fourth-order valence-corrected chi connectivity index (χ4v) is 4.19. The lowest BCUT2D eigenvalue weighted by Crippen LogP contribution is -2.36. The largest absolute Gasteiger partial charge is 0.378 e. The molecular formula is C21H25N5O3S. The van der Waals surface area contributed by atoms with Gasteiger partial charge in [-0.1, -0.05) is 6.92 Å². The average molecular weight is 428 g/mol. The van der Waals surface area contributed by atoms with E-state index in [2.05, 4.69) is 20.2 Å². The van der Waals surface area contributed by atoms with Crippen LogP contribution in [0.3, 0.4) is 0 Å². The average Bonchev–Trinajstić information content (AvgIpc) is 3.24. The Labute approximate surface area is 178 Å². The van der Waals surface area contributed by atoms with E-state index in [1.807, 2.05) is 47.5 Å². The van der Waals surface area contributed by atoms with E-state index in [-0.39, 0.29) is 18.0 Å². The molecule has 3 aromatic rings. The number of fused-ring (bicyclic) bond motifs is 1. The summed E-state index contributed by atoms with van der Waals surface area (Å²) in [5, 5.41) is 4.80. The van der Waals surface area contributed by atoms with Crippen molar-refractivity contribution in [2.45, 2.75) is 13.5 Å². The third kappa shape index (κ3) is 4.86. The molecule has 0 bridgehead atoms. The van der Waals surface area contributed by atoms with Crippen LogP contribution < -0.4 is 15.8 Å². The Morgan fingerprint density at radius 1 is 1.27 bits per heavy atom. The topological polar surface area (TPSA) is 90.6 Å². The van der Waals surface area contributed by atoms with Gasteiger partial charge in [0.25, 0.3) is 5.56 Å². The number of likely N-dealkylation sites (N-methyl/N-ethyl adjacent to an activating group) is 1. The maximum Gasteiger partial charge on any atom is 0.268 e. The first-order valence-corrected chi connectivity index (χ1v) is 10.9. The minimum Gasteiger partial charge on any atom is -0.378 e. The van der Waals surface area contributed by atoms with Crippen LogP contribution in [0.15, 0.2) is 40.5 Å². The van der Waals surface area contributed by atoms with Crippen LogP contribution >= 0.6 is 11.3 Å². The van der Waals surface area contributed by atoms with Gasteiger partial charge in [-0.3, -0.25) is 14.5 Å². The molecule has 2 aromatic heterocycles. The molecule has 0 atom stereocenters. The van der Waals surface area contributed by atoms with Gasteiger partial charge in [-0.05, 0) is 42.3 Å². The molecule has 0 aliphatic carbocycles. The maximum absolute atomic E-state index is 12.5. The molecule has 0 radical (unpaired) electrons. The zero-order valence-electron chi connectivity index (χ0n) is 16.9. The van der Waals surface area contributed by atoms with Gasteiger partial charge < -0.3 is 19.9 Å². The molecule has 1 amide bonds. The molecule has 158 valence electrons. The molecule has 2 N–H and O–H groups in total. The molecule has 8 nitrogen and oxygen atoms in total. The van der Waals surface area contributed by atoms with Gasteiger partial charge in [-0.25, -0.2) is 4.98 Å². The van der Waals surface area contributed by atoms with Crippen LogP contribution in [-0.4, -0.2) is 60.2 Å². The van der Waals surface area contributed by atoms with Crippen molar-refractivity contribution in [2.75, 3.05) is 49.6 Å². The lowest BCUT2D eigenvalue weighted by molar-refractivity contribution is -0.117. The van der Waals surface area contributed by atoms with Crippen molar-refractivity contribution in [2.24, 2.45) is 0 Å². The summed E-state index contributed by atoms with van der Waals surface area (Å²) in [6.07, 6.45) is 0. The molecule has 9 heteroatoms. The first-order chi connectivity index (χ1) is 14.6. The number of nitrogens with zero attached hydrogens (tertiary/aromatic N) is 3. The van der Waals surface area contributed by atoms with E-state index in [0.717, 1.165) is 37.7 Å². The molecule has 4 rings (SSSR count). The second-order valence-electron chi connectivity index (χ2n) is 7.15. The highest BCUT2D eigenvalue weighted by atomic mass is 32.1. The van der Waals surface area contributed by atoms with Crippen molar-refractivity contribution < 1.29 is 9.53 Å². The highest BCUT2D eigenvalue weighted by Crippen LogP contribution is 2.19. The molecule has 1 saturated heterocycles. The Morgan fingerprint density at radius 3 is 2.77 bits per heavy atom. The third-order valence-electron chi connectivity index (χ3n) is 5.08. The molecule has 0 unspecified atom stereocenters. The van der Waals surface area contributed by atoms with E-state index < -0.39 is 0 Å². The van der Waals surface area contributed by atoms with Gasteiger partial charge in [-0.2, -0.15) is 0 Å². The second kappa shape index (κ2) is 9.38. The van der Waals surface area contributed by atoms with Crippen LogP contribution in [0.2, 0.25) is 0 Å². The van der Waals surface area contributed by atoms with Gasteiger partial charge in [0.15, 0.2) is 0 Å². The van der Waals surface area contributed by atoms with Crippen LogP contribution in [0.1, 0.15) is 12.7 Å². The number of carbonyl (C=O) groups is 1. The molecule has 3 heterocycles. The van der Waals surface area contributed by atoms with Crippen molar-refractivity contribution in [3.05, 3.63) is 51.9 Å². The molecule has 30 heavy (non-hydrogen) atoms. The SMILES string of the molecule is CCN(CC(=O)Nc1ccc(N2CCOCC2)cc1)Cc1nc2ccsc2c(=O)[nH]1. The summed E-state index contributed by atoms with van der Waals surface area (Å²) in [6.45, 7) is 6.50. The van der Waals surface area contributed by atoms with Gasteiger partial charge in [0, 0.05) is 24.5 Å². The van der Waals surface area contributed by atoms with E-state index >= 15 is 0 Å². The fraction of sp³-hybridized carbons (Fsp3) is 0.381. The Morgan fingerprint density at radius 2 is 2.03 bits per heavy atom. The number of rotatable bonds is 7. The van der Waals surface area contributed by atoms with Crippen LogP contribution in [0.5, 0.6) is 0 Å². The number of carbonyl (C=O) groups excluding carboxylic acids is 1. The van der Waals surface area contributed by atoms with Crippen molar-refractivity contribution >= 4 is 38.8 Å². The van der Waals surface area contributed by atoms with E-state index in [4.69, 9.17) is 4.74 Å². The first kappa shape index (κ1) is 20.5. The van der Waals surface area contributed by atoms with Crippen LogP contribution in [-0.2, 0) is 16.1 Å². The number of morpholine rings is 1. The van der Waals surface area contributed by atoms with E-state index in [0.29, 0.717) is 29.1 Å². The summed E-state index contributed by atoms with van der Waals surface area (Å²) in [5.74, 6) is 0.463. The normalized spacial score (nSPS) is 14.4. The van der Waals surface area contributed by atoms with Crippen molar-refractivity contribution in [1.29, 1.82) is 0 Å². The van der Waals surface area contributed by atoms with Gasteiger partial charge >= 0.3 is 0 Å². The summed E-state index contributed by atoms with van der Waals surface area (Å²) in [6, 6.07) is 9.71. The van der Waals surface area contributed by atoms with E-state index in [1.165, 1.54) is 11.3 Å². The summed E-state index contributed by atoms with van der Waals surface area (Å²) >= 11 is 1.38. The number of aromatic nitrogens is 2. The smallest absolute Gasteiger partial charge is 0.268 e. The van der Waals surface area contributed by atoms with Crippen LogP contribution in [0.25, 0.3) is 10.2 Å². The predicted molar refractivity (Wildman–Crippen MR) is 119 cm³/mol. The number of ether oxygens (including phenoxy) is 1. The third-order valence-corrected chi connectivity index (χ3v) is 5.98. The van der Waals surface area contributed by atoms with Crippen LogP contribution in [0.4, 0.5) is 11.4 Å². The van der Waals surface area contributed by atoms with E-state index in [1.54, 1.807) is 0 Å². The zero-order chi connectivity index (χ0) is 20.9. The number of H-pyrrole nitrogens is 1. The van der Waals surface area contributed by atoms with Gasteiger partial charge in [0.05, 0.1) is 31.8 Å². The Hall–Kier alpha value is -2.75. The summed E-state index contributed by atoms with van der Waals surface area (Å²) < 4.78 is 6.01.